The smallest absolute Gasteiger partial charge is 0.103 e. The lowest BCUT2D eigenvalue weighted by atomic mass is 9.97. The van der Waals surface area contributed by atoms with E-state index in [1.54, 1.807) is 0 Å². The van der Waals surface area contributed by atoms with E-state index in [0.717, 1.165) is 44.8 Å². The Hall–Kier alpha value is -0.590. The minimum atomic E-state index is -0.354. The van der Waals surface area contributed by atoms with E-state index in [1.165, 1.54) is 6.42 Å². The molecule has 3 heteroatoms. The number of nitrogens with one attached hydrogen (secondary N) is 1. The summed E-state index contributed by atoms with van der Waals surface area (Å²) in [5.41, 5.74) is -0.354. The van der Waals surface area contributed by atoms with Crippen molar-refractivity contribution in [2.45, 2.75) is 58.9 Å². The van der Waals surface area contributed by atoms with Gasteiger partial charge in [0.1, 0.15) is 5.54 Å². The maximum Gasteiger partial charge on any atom is 0.103 e. The maximum atomic E-state index is 9.23. The molecule has 0 bridgehead atoms. The molecule has 3 nitrogen and oxygen atoms in total. The quantitative estimate of drug-likeness (QED) is 0.650. The molecule has 0 aromatic heterocycles. The van der Waals surface area contributed by atoms with Crippen molar-refractivity contribution in [2.75, 3.05) is 26.7 Å². The van der Waals surface area contributed by atoms with E-state index < -0.39 is 0 Å². The Labute approximate surface area is 114 Å². The average molecular weight is 253 g/mol. The highest BCUT2D eigenvalue weighted by molar-refractivity contribution is 5.03. The molecule has 0 rings (SSSR count). The van der Waals surface area contributed by atoms with Gasteiger partial charge in [-0.05, 0) is 52.2 Å². The topological polar surface area (TPSA) is 39.1 Å². The van der Waals surface area contributed by atoms with Crippen LogP contribution < -0.4 is 5.32 Å². The second-order valence-corrected chi connectivity index (χ2v) is 5.75. The molecule has 2 unspecified atom stereocenters. The molecule has 0 spiro atoms. The van der Waals surface area contributed by atoms with Crippen LogP contribution >= 0.6 is 0 Å². The van der Waals surface area contributed by atoms with Crippen molar-refractivity contribution >= 4 is 0 Å². The number of nitrogens with zero attached hydrogens (tertiary/aromatic N) is 2. The fourth-order valence-corrected chi connectivity index (χ4v) is 2.04. The predicted molar refractivity (Wildman–Crippen MR) is 78.5 cm³/mol. The second-order valence-electron chi connectivity index (χ2n) is 5.75. The molecule has 0 amide bonds. The highest BCUT2D eigenvalue weighted by atomic mass is 15.1. The summed E-state index contributed by atoms with van der Waals surface area (Å²) in [4.78, 5) is 2.38. The highest BCUT2D eigenvalue weighted by Gasteiger charge is 2.21. The van der Waals surface area contributed by atoms with Crippen LogP contribution in [0.2, 0.25) is 0 Å². The van der Waals surface area contributed by atoms with Gasteiger partial charge < -0.3 is 4.90 Å². The van der Waals surface area contributed by atoms with Crippen molar-refractivity contribution in [3.05, 3.63) is 0 Å². The Balaban J connectivity index is 3.90. The van der Waals surface area contributed by atoms with Crippen LogP contribution in [0.4, 0.5) is 0 Å². The number of hydrogen-bond acceptors (Lipinski definition) is 3. The van der Waals surface area contributed by atoms with Gasteiger partial charge in [0.25, 0.3) is 0 Å². The fraction of sp³-hybridized carbons (Fsp3) is 0.933. The first-order chi connectivity index (χ1) is 8.47. The molecule has 0 fully saturated rings. The molecule has 0 radical (unpaired) electrons. The molecular weight excluding hydrogens is 222 g/mol. The van der Waals surface area contributed by atoms with Gasteiger partial charge in [-0.15, -0.1) is 0 Å². The standard InChI is InChI=1S/C15H31N3/c1-6-10-17-15(4,13-16)9-8-11-18(5)12-14(3)7-2/h14,17H,6-12H2,1-5H3. The third-order valence-electron chi connectivity index (χ3n) is 3.55. The van der Waals surface area contributed by atoms with Crippen LogP contribution in [0.1, 0.15) is 53.4 Å². The molecule has 0 aromatic rings. The largest absolute Gasteiger partial charge is 0.306 e. The fourth-order valence-electron chi connectivity index (χ4n) is 2.04. The van der Waals surface area contributed by atoms with Gasteiger partial charge in [0.05, 0.1) is 6.07 Å². The van der Waals surface area contributed by atoms with Crippen LogP contribution in [-0.4, -0.2) is 37.1 Å². The van der Waals surface area contributed by atoms with E-state index in [2.05, 4.69) is 44.1 Å². The van der Waals surface area contributed by atoms with Gasteiger partial charge in [0.15, 0.2) is 0 Å². The predicted octanol–water partition coefficient (Wildman–Crippen LogP) is 3.03. The molecular formula is C15H31N3. The number of rotatable bonds is 10. The van der Waals surface area contributed by atoms with Crippen molar-refractivity contribution < 1.29 is 0 Å². The van der Waals surface area contributed by atoms with E-state index in [4.69, 9.17) is 0 Å². The Morgan fingerprint density at radius 3 is 2.56 bits per heavy atom. The first kappa shape index (κ1) is 17.4. The van der Waals surface area contributed by atoms with Crippen LogP contribution in [0.15, 0.2) is 0 Å². The van der Waals surface area contributed by atoms with Gasteiger partial charge in [-0.2, -0.15) is 5.26 Å². The van der Waals surface area contributed by atoms with Crippen LogP contribution in [0.3, 0.4) is 0 Å². The van der Waals surface area contributed by atoms with Crippen molar-refractivity contribution in [3.8, 4) is 6.07 Å². The minimum absolute atomic E-state index is 0.354. The van der Waals surface area contributed by atoms with Gasteiger partial charge in [0.2, 0.25) is 0 Å². The third-order valence-corrected chi connectivity index (χ3v) is 3.55. The molecule has 0 saturated heterocycles. The van der Waals surface area contributed by atoms with E-state index >= 15 is 0 Å². The summed E-state index contributed by atoms with van der Waals surface area (Å²) in [6.45, 7) is 11.8. The second kappa shape index (κ2) is 9.35. The Bertz CT molecular complexity index is 247. The maximum absolute atomic E-state index is 9.23. The summed E-state index contributed by atoms with van der Waals surface area (Å²) in [6, 6.07) is 2.41. The summed E-state index contributed by atoms with van der Waals surface area (Å²) in [6.07, 6.45) is 4.31. The van der Waals surface area contributed by atoms with Crippen LogP contribution in [0.25, 0.3) is 0 Å². The molecule has 0 aliphatic carbocycles. The molecule has 0 aromatic carbocycles. The van der Waals surface area contributed by atoms with E-state index in [9.17, 15) is 5.26 Å². The lowest BCUT2D eigenvalue weighted by Crippen LogP contribution is -2.42. The normalized spacial score (nSPS) is 16.3. The lowest BCUT2D eigenvalue weighted by Gasteiger charge is -2.25. The van der Waals surface area contributed by atoms with E-state index in [1.807, 2.05) is 6.92 Å². The van der Waals surface area contributed by atoms with E-state index in [-0.39, 0.29) is 5.54 Å². The zero-order valence-corrected chi connectivity index (χ0v) is 12.9. The van der Waals surface area contributed by atoms with Gasteiger partial charge in [-0.25, -0.2) is 0 Å². The molecule has 0 heterocycles. The van der Waals surface area contributed by atoms with Gasteiger partial charge in [-0.1, -0.05) is 27.2 Å². The zero-order valence-electron chi connectivity index (χ0n) is 12.9. The molecule has 1 N–H and O–H groups in total. The third kappa shape index (κ3) is 7.68. The van der Waals surface area contributed by atoms with Crippen molar-refractivity contribution in [3.63, 3.8) is 0 Å². The van der Waals surface area contributed by atoms with Gasteiger partial charge >= 0.3 is 0 Å². The molecule has 0 aliphatic heterocycles. The van der Waals surface area contributed by atoms with Gasteiger partial charge in [-0.3, -0.25) is 5.32 Å². The molecule has 106 valence electrons. The monoisotopic (exact) mass is 253 g/mol. The Kier molecular flexibility index (Phi) is 9.05. The first-order valence-electron chi connectivity index (χ1n) is 7.32. The molecule has 2 atom stereocenters. The average Bonchev–Trinajstić information content (AvgIpc) is 2.36. The van der Waals surface area contributed by atoms with Crippen LogP contribution in [0, 0.1) is 17.2 Å². The summed E-state index contributed by atoms with van der Waals surface area (Å²) in [5.74, 6) is 0.760. The van der Waals surface area contributed by atoms with Crippen LogP contribution in [-0.2, 0) is 0 Å². The highest BCUT2D eigenvalue weighted by Crippen LogP contribution is 2.12. The van der Waals surface area contributed by atoms with Crippen molar-refractivity contribution in [1.29, 1.82) is 5.26 Å². The first-order valence-corrected chi connectivity index (χ1v) is 7.32. The summed E-state index contributed by atoms with van der Waals surface area (Å²) >= 11 is 0. The number of nitriles is 1. The Morgan fingerprint density at radius 2 is 2.06 bits per heavy atom. The van der Waals surface area contributed by atoms with Crippen molar-refractivity contribution in [1.82, 2.24) is 10.2 Å². The van der Waals surface area contributed by atoms with Crippen molar-refractivity contribution in [2.24, 2.45) is 5.92 Å². The number of hydrogen-bond donors (Lipinski definition) is 1. The molecule has 0 saturated carbocycles. The van der Waals surface area contributed by atoms with Crippen LogP contribution in [0.5, 0.6) is 0 Å². The van der Waals surface area contributed by atoms with E-state index in [0.29, 0.717) is 0 Å². The minimum Gasteiger partial charge on any atom is -0.306 e. The Morgan fingerprint density at radius 1 is 1.39 bits per heavy atom. The summed E-state index contributed by atoms with van der Waals surface area (Å²) in [7, 11) is 2.18. The molecule has 0 aliphatic rings. The zero-order chi connectivity index (χ0) is 14.0. The van der Waals surface area contributed by atoms with Gasteiger partial charge in [0, 0.05) is 6.54 Å². The lowest BCUT2D eigenvalue weighted by molar-refractivity contribution is 0.266. The molecule has 18 heavy (non-hydrogen) atoms. The summed E-state index contributed by atoms with van der Waals surface area (Å²) < 4.78 is 0. The SMILES string of the molecule is CCCNC(C)(C#N)CCCN(C)CC(C)CC. The summed E-state index contributed by atoms with van der Waals surface area (Å²) in [5, 5.41) is 12.6.